The molecular formula is C24H40OS. The molecule has 26 heavy (non-hydrogen) atoms. The van der Waals surface area contributed by atoms with Crippen LogP contribution in [0.5, 0.6) is 0 Å². The van der Waals surface area contributed by atoms with Crippen molar-refractivity contribution in [3.63, 3.8) is 0 Å². The minimum Gasteiger partial charge on any atom is -0.393 e. The van der Waals surface area contributed by atoms with Crippen LogP contribution in [0.15, 0.2) is 29.8 Å². The number of aliphatic hydroxyl groups excluding tert-OH is 1. The van der Waals surface area contributed by atoms with Crippen LogP contribution in [0.1, 0.15) is 91.2 Å². The van der Waals surface area contributed by atoms with E-state index in [0.717, 1.165) is 30.1 Å². The average molecular weight is 377 g/mol. The lowest BCUT2D eigenvalue weighted by Gasteiger charge is -2.26. The molecule has 0 aliphatic heterocycles. The molecule has 0 amide bonds. The van der Waals surface area contributed by atoms with E-state index in [1.54, 1.807) is 0 Å². The first-order valence-corrected chi connectivity index (χ1v) is 10.7. The number of unbranched alkanes of at least 4 members (excludes halogenated alkanes) is 2. The number of allylic oxidation sites excluding steroid dienone is 1. The molecule has 0 aromatic heterocycles. The summed E-state index contributed by atoms with van der Waals surface area (Å²) in [6, 6.07) is 8.97. The highest BCUT2D eigenvalue weighted by Gasteiger charge is 2.19. The number of thiol groups is 1. The Kier molecular flexibility index (Phi) is 10.0. The van der Waals surface area contributed by atoms with Crippen LogP contribution in [-0.4, -0.2) is 11.2 Å². The third-order valence-electron chi connectivity index (χ3n) is 4.86. The van der Waals surface area contributed by atoms with Gasteiger partial charge in [0.05, 0.1) is 6.10 Å². The lowest BCUT2D eigenvalue weighted by atomic mass is 9.79. The fourth-order valence-electron chi connectivity index (χ4n) is 3.61. The van der Waals surface area contributed by atoms with E-state index in [4.69, 9.17) is 0 Å². The monoisotopic (exact) mass is 376 g/mol. The van der Waals surface area contributed by atoms with E-state index in [1.807, 2.05) is 6.92 Å². The summed E-state index contributed by atoms with van der Waals surface area (Å²) in [6.07, 6.45) is 8.12. The van der Waals surface area contributed by atoms with Crippen LogP contribution in [0.2, 0.25) is 0 Å². The zero-order valence-corrected chi connectivity index (χ0v) is 18.7. The number of hydrogen-bond acceptors (Lipinski definition) is 2. The summed E-state index contributed by atoms with van der Waals surface area (Å²) in [5.74, 6) is 0.728. The van der Waals surface area contributed by atoms with E-state index < -0.39 is 0 Å². The molecule has 1 aromatic rings. The van der Waals surface area contributed by atoms with Gasteiger partial charge in [0.2, 0.25) is 0 Å². The molecule has 0 radical (unpaired) electrons. The Bertz CT molecular complexity index is 545. The molecule has 2 unspecified atom stereocenters. The topological polar surface area (TPSA) is 20.2 Å². The number of rotatable bonds is 10. The van der Waals surface area contributed by atoms with Crippen molar-refractivity contribution in [3.8, 4) is 0 Å². The lowest BCUT2D eigenvalue weighted by Crippen LogP contribution is -2.15. The number of benzene rings is 1. The second kappa shape index (κ2) is 11.2. The van der Waals surface area contributed by atoms with Crippen LogP contribution in [0.4, 0.5) is 0 Å². The van der Waals surface area contributed by atoms with E-state index in [-0.39, 0.29) is 6.10 Å². The Hall–Kier alpha value is -0.730. The molecule has 2 atom stereocenters. The molecule has 0 aliphatic rings. The Morgan fingerprint density at radius 2 is 1.58 bits per heavy atom. The molecule has 0 spiro atoms. The zero-order chi connectivity index (χ0) is 19.7. The summed E-state index contributed by atoms with van der Waals surface area (Å²) in [5, 5.41) is 9.40. The van der Waals surface area contributed by atoms with Crippen molar-refractivity contribution >= 4 is 17.5 Å². The quantitative estimate of drug-likeness (QED) is 0.324. The van der Waals surface area contributed by atoms with E-state index in [0.29, 0.717) is 5.41 Å². The van der Waals surface area contributed by atoms with E-state index in [1.165, 1.54) is 42.4 Å². The normalized spacial score (nSPS) is 14.2. The van der Waals surface area contributed by atoms with E-state index in [2.05, 4.69) is 71.5 Å². The van der Waals surface area contributed by atoms with Gasteiger partial charge in [0.15, 0.2) is 0 Å². The van der Waals surface area contributed by atoms with Gasteiger partial charge in [-0.1, -0.05) is 76.3 Å². The first kappa shape index (κ1) is 23.3. The third kappa shape index (κ3) is 9.83. The SMILES string of the molecule is CC(C)=C(S)c1ccc(CC(CCCCCC(C)O)CC(C)(C)C)cc1. The van der Waals surface area contributed by atoms with Gasteiger partial charge < -0.3 is 5.11 Å². The molecule has 0 fully saturated rings. The molecule has 2 heteroatoms. The van der Waals surface area contributed by atoms with Crippen LogP contribution >= 0.6 is 12.6 Å². The molecule has 0 saturated carbocycles. The Balaban J connectivity index is 2.65. The van der Waals surface area contributed by atoms with Crippen molar-refractivity contribution in [2.75, 3.05) is 0 Å². The minimum absolute atomic E-state index is 0.156. The van der Waals surface area contributed by atoms with Crippen LogP contribution in [0.3, 0.4) is 0 Å². The molecule has 1 aromatic carbocycles. The first-order valence-electron chi connectivity index (χ1n) is 10.2. The van der Waals surface area contributed by atoms with E-state index in [9.17, 15) is 5.11 Å². The molecular weight excluding hydrogens is 336 g/mol. The largest absolute Gasteiger partial charge is 0.393 e. The Morgan fingerprint density at radius 3 is 2.08 bits per heavy atom. The third-order valence-corrected chi connectivity index (χ3v) is 5.57. The van der Waals surface area contributed by atoms with Crippen molar-refractivity contribution in [1.29, 1.82) is 0 Å². The van der Waals surface area contributed by atoms with Crippen molar-refractivity contribution < 1.29 is 5.11 Å². The first-order chi connectivity index (χ1) is 12.1. The van der Waals surface area contributed by atoms with Crippen LogP contribution < -0.4 is 0 Å². The Labute approximate surface area is 167 Å². The van der Waals surface area contributed by atoms with Crippen molar-refractivity contribution in [1.82, 2.24) is 0 Å². The fourth-order valence-corrected chi connectivity index (χ4v) is 3.76. The van der Waals surface area contributed by atoms with Gasteiger partial charge in [-0.15, -0.1) is 12.6 Å². The molecule has 0 aliphatic carbocycles. The smallest absolute Gasteiger partial charge is 0.0512 e. The highest BCUT2D eigenvalue weighted by Crippen LogP contribution is 2.31. The van der Waals surface area contributed by atoms with Gasteiger partial charge >= 0.3 is 0 Å². The van der Waals surface area contributed by atoms with Crippen molar-refractivity contribution in [2.24, 2.45) is 11.3 Å². The maximum absolute atomic E-state index is 9.40. The summed E-state index contributed by atoms with van der Waals surface area (Å²) >= 11 is 4.62. The highest BCUT2D eigenvalue weighted by molar-refractivity contribution is 7.90. The molecule has 0 heterocycles. The molecule has 148 valence electrons. The van der Waals surface area contributed by atoms with Crippen LogP contribution in [0, 0.1) is 11.3 Å². The maximum Gasteiger partial charge on any atom is 0.0512 e. The zero-order valence-electron chi connectivity index (χ0n) is 17.8. The summed E-state index contributed by atoms with van der Waals surface area (Å²) in [4.78, 5) is 1.08. The summed E-state index contributed by atoms with van der Waals surface area (Å²) < 4.78 is 0. The second-order valence-electron chi connectivity index (χ2n) is 9.37. The standard InChI is InChI=1S/C24H40OS/c1-18(2)23(26)22-14-12-20(13-15-22)16-21(17-24(4,5)6)11-9-7-8-10-19(3)25/h12-15,19,21,25-26H,7-11,16-17H2,1-6H3. The van der Waals surface area contributed by atoms with E-state index >= 15 is 0 Å². The minimum atomic E-state index is -0.156. The number of hydrogen-bond donors (Lipinski definition) is 2. The van der Waals surface area contributed by atoms with Gasteiger partial charge in [-0.3, -0.25) is 0 Å². The summed E-state index contributed by atoms with van der Waals surface area (Å²) in [5.41, 5.74) is 4.26. The second-order valence-corrected chi connectivity index (χ2v) is 9.81. The van der Waals surface area contributed by atoms with Gasteiger partial charge in [0, 0.05) is 4.91 Å². The number of aliphatic hydroxyl groups is 1. The maximum atomic E-state index is 9.40. The van der Waals surface area contributed by atoms with Crippen LogP contribution in [-0.2, 0) is 6.42 Å². The summed E-state index contributed by atoms with van der Waals surface area (Å²) in [6.45, 7) is 13.1. The van der Waals surface area contributed by atoms with Gasteiger partial charge in [-0.05, 0) is 62.5 Å². The highest BCUT2D eigenvalue weighted by atomic mass is 32.1. The lowest BCUT2D eigenvalue weighted by molar-refractivity contribution is 0.179. The van der Waals surface area contributed by atoms with Gasteiger partial charge in [-0.2, -0.15) is 0 Å². The Morgan fingerprint density at radius 1 is 1.00 bits per heavy atom. The van der Waals surface area contributed by atoms with Crippen LogP contribution in [0.25, 0.3) is 4.91 Å². The molecule has 0 saturated heterocycles. The fraction of sp³-hybridized carbons (Fsp3) is 0.667. The van der Waals surface area contributed by atoms with Crippen molar-refractivity contribution in [3.05, 3.63) is 41.0 Å². The molecule has 1 nitrogen and oxygen atoms in total. The van der Waals surface area contributed by atoms with Gasteiger partial charge in [-0.25, -0.2) is 0 Å². The average Bonchev–Trinajstić information content (AvgIpc) is 2.52. The van der Waals surface area contributed by atoms with Gasteiger partial charge in [0.1, 0.15) is 0 Å². The molecule has 1 N–H and O–H groups in total. The summed E-state index contributed by atoms with van der Waals surface area (Å²) in [7, 11) is 0. The molecule has 1 rings (SSSR count). The van der Waals surface area contributed by atoms with Crippen molar-refractivity contribution in [2.45, 2.75) is 92.6 Å². The molecule has 0 bridgehead atoms. The van der Waals surface area contributed by atoms with Gasteiger partial charge in [0.25, 0.3) is 0 Å². The predicted molar refractivity (Wildman–Crippen MR) is 120 cm³/mol. The predicted octanol–water partition coefficient (Wildman–Crippen LogP) is 7.29.